The first-order valence-electron chi connectivity index (χ1n) is 8.44. The van der Waals surface area contributed by atoms with Gasteiger partial charge in [0.2, 0.25) is 0 Å². The molecule has 2 heterocycles. The van der Waals surface area contributed by atoms with E-state index in [2.05, 4.69) is 27.3 Å². The van der Waals surface area contributed by atoms with Gasteiger partial charge < -0.3 is 10.6 Å². The molecule has 2 rings (SSSR count). The summed E-state index contributed by atoms with van der Waals surface area (Å²) < 4.78 is 0. The number of amides is 2. The second-order valence-corrected chi connectivity index (χ2v) is 7.96. The molecule has 2 aliphatic rings. The van der Waals surface area contributed by atoms with E-state index in [0.717, 1.165) is 32.0 Å². The number of carbonyl (C=O) groups is 2. The Morgan fingerprint density at radius 1 is 1.14 bits per heavy atom. The molecule has 0 saturated carbocycles. The third-order valence-corrected chi connectivity index (χ3v) is 5.64. The predicted octanol–water partition coefficient (Wildman–Crippen LogP) is 1.09. The Balaban J connectivity index is 1.61. The molecule has 0 radical (unpaired) electrons. The van der Waals surface area contributed by atoms with Crippen LogP contribution in [0.15, 0.2) is 0 Å². The van der Waals surface area contributed by atoms with Gasteiger partial charge in [0.05, 0.1) is 0 Å². The molecule has 2 fully saturated rings. The highest BCUT2D eigenvalue weighted by Gasteiger charge is 2.27. The Kier molecular flexibility index (Phi) is 7.02. The van der Waals surface area contributed by atoms with Gasteiger partial charge in [-0.1, -0.05) is 13.8 Å². The minimum absolute atomic E-state index is 0.356. The van der Waals surface area contributed by atoms with E-state index in [4.69, 9.17) is 0 Å². The molecule has 22 heavy (non-hydrogen) atoms. The number of thioether (sulfide) groups is 1. The van der Waals surface area contributed by atoms with Gasteiger partial charge in [-0.2, -0.15) is 11.8 Å². The summed E-state index contributed by atoms with van der Waals surface area (Å²) in [6.07, 6.45) is 3.56. The van der Waals surface area contributed by atoms with Gasteiger partial charge in [-0.05, 0) is 49.9 Å². The summed E-state index contributed by atoms with van der Waals surface area (Å²) in [5, 5.41) is 5.44. The van der Waals surface area contributed by atoms with Crippen molar-refractivity contribution in [1.82, 2.24) is 15.5 Å². The summed E-state index contributed by atoms with van der Waals surface area (Å²) in [7, 11) is 0. The highest BCUT2D eigenvalue weighted by molar-refractivity contribution is 7.99. The van der Waals surface area contributed by atoms with Crippen molar-refractivity contribution in [1.29, 1.82) is 0 Å². The lowest BCUT2D eigenvalue weighted by Gasteiger charge is -2.35. The molecule has 2 aliphatic heterocycles. The number of rotatable bonds is 5. The van der Waals surface area contributed by atoms with Gasteiger partial charge in [0.15, 0.2) is 0 Å². The van der Waals surface area contributed by atoms with Crippen molar-refractivity contribution in [3.05, 3.63) is 0 Å². The summed E-state index contributed by atoms with van der Waals surface area (Å²) in [5.41, 5.74) is 0. The lowest BCUT2D eigenvalue weighted by Crippen LogP contribution is -2.46. The summed E-state index contributed by atoms with van der Waals surface area (Å²) in [6, 6.07) is 0.766. The Morgan fingerprint density at radius 2 is 1.82 bits per heavy atom. The highest BCUT2D eigenvalue weighted by atomic mass is 32.2. The maximum absolute atomic E-state index is 11.7. The molecule has 2 amide bonds. The van der Waals surface area contributed by atoms with E-state index in [1.807, 2.05) is 13.8 Å². The van der Waals surface area contributed by atoms with Gasteiger partial charge in [-0.15, -0.1) is 0 Å². The van der Waals surface area contributed by atoms with E-state index in [1.54, 1.807) is 0 Å². The van der Waals surface area contributed by atoms with Crippen molar-refractivity contribution in [3.8, 4) is 0 Å². The van der Waals surface area contributed by atoms with Crippen molar-refractivity contribution in [3.63, 3.8) is 0 Å². The van der Waals surface area contributed by atoms with E-state index < -0.39 is 11.8 Å². The molecule has 0 spiro atoms. The number of nitrogens with zero attached hydrogens (tertiary/aromatic N) is 1. The van der Waals surface area contributed by atoms with E-state index >= 15 is 0 Å². The van der Waals surface area contributed by atoms with Crippen molar-refractivity contribution in [2.45, 2.75) is 39.2 Å². The lowest BCUT2D eigenvalue weighted by atomic mass is 9.95. The van der Waals surface area contributed by atoms with Crippen molar-refractivity contribution < 1.29 is 9.59 Å². The largest absolute Gasteiger partial charge is 0.348 e. The number of hydrogen-bond donors (Lipinski definition) is 2. The first-order valence-corrected chi connectivity index (χ1v) is 9.59. The van der Waals surface area contributed by atoms with Crippen LogP contribution in [0.25, 0.3) is 0 Å². The van der Waals surface area contributed by atoms with Crippen LogP contribution in [0.1, 0.15) is 33.1 Å². The molecule has 0 aromatic rings. The molecule has 1 atom stereocenters. The Bertz CT molecular complexity index is 376. The predicted molar refractivity (Wildman–Crippen MR) is 90.9 cm³/mol. The third kappa shape index (κ3) is 5.47. The van der Waals surface area contributed by atoms with Crippen LogP contribution >= 0.6 is 11.8 Å². The van der Waals surface area contributed by atoms with Crippen molar-refractivity contribution in [2.75, 3.05) is 37.7 Å². The molecule has 0 aliphatic carbocycles. The minimum atomic E-state index is -0.505. The normalized spacial score (nSPS) is 23.7. The first kappa shape index (κ1) is 17.6. The van der Waals surface area contributed by atoms with E-state index in [0.29, 0.717) is 24.9 Å². The van der Waals surface area contributed by atoms with Gasteiger partial charge in [0, 0.05) is 24.9 Å². The summed E-state index contributed by atoms with van der Waals surface area (Å²) in [4.78, 5) is 26.0. The summed E-state index contributed by atoms with van der Waals surface area (Å²) in [6.45, 7) is 7.45. The number of hydrogen-bond acceptors (Lipinski definition) is 4. The van der Waals surface area contributed by atoms with Gasteiger partial charge in [-0.3, -0.25) is 14.5 Å². The van der Waals surface area contributed by atoms with Crippen LogP contribution in [-0.2, 0) is 9.59 Å². The maximum Gasteiger partial charge on any atom is 0.309 e. The standard InChI is InChI=1S/C16H29N3O2S/c1-12(2)9-17-15(20)16(21)18-10-13-3-6-19(7-4-13)14-5-8-22-11-14/h12-14H,3-11H2,1-2H3,(H,17,20)(H,18,21). The van der Waals surface area contributed by atoms with Gasteiger partial charge in [0.1, 0.15) is 0 Å². The van der Waals surface area contributed by atoms with Gasteiger partial charge in [-0.25, -0.2) is 0 Å². The van der Waals surface area contributed by atoms with Crippen LogP contribution in [-0.4, -0.2) is 60.4 Å². The molecule has 5 nitrogen and oxygen atoms in total. The van der Waals surface area contributed by atoms with Crippen LogP contribution < -0.4 is 10.6 Å². The van der Waals surface area contributed by atoms with Crippen LogP contribution in [0.2, 0.25) is 0 Å². The lowest BCUT2D eigenvalue weighted by molar-refractivity contribution is -0.139. The molecule has 0 aromatic heterocycles. The van der Waals surface area contributed by atoms with Crippen LogP contribution in [0.3, 0.4) is 0 Å². The molecular formula is C16H29N3O2S. The summed E-state index contributed by atoms with van der Waals surface area (Å²) >= 11 is 2.06. The Morgan fingerprint density at radius 3 is 2.41 bits per heavy atom. The molecule has 6 heteroatoms. The first-order chi connectivity index (χ1) is 10.6. The fraction of sp³-hybridized carbons (Fsp3) is 0.875. The second kappa shape index (κ2) is 8.77. The fourth-order valence-corrected chi connectivity index (χ4v) is 4.28. The monoisotopic (exact) mass is 327 g/mol. The van der Waals surface area contributed by atoms with E-state index in [-0.39, 0.29) is 0 Å². The number of carbonyl (C=O) groups excluding carboxylic acids is 2. The topological polar surface area (TPSA) is 61.4 Å². The quantitative estimate of drug-likeness (QED) is 0.742. The van der Waals surface area contributed by atoms with Crippen LogP contribution in [0.5, 0.6) is 0 Å². The number of nitrogens with one attached hydrogen (secondary N) is 2. The van der Waals surface area contributed by atoms with E-state index in [9.17, 15) is 9.59 Å². The molecule has 0 bridgehead atoms. The molecule has 0 aromatic carbocycles. The zero-order valence-corrected chi connectivity index (χ0v) is 14.6. The fourth-order valence-electron chi connectivity index (χ4n) is 3.03. The third-order valence-electron chi connectivity index (χ3n) is 4.50. The summed E-state index contributed by atoms with van der Waals surface area (Å²) in [5.74, 6) is 2.44. The molecule has 2 saturated heterocycles. The van der Waals surface area contributed by atoms with Gasteiger partial charge in [0.25, 0.3) is 0 Å². The minimum Gasteiger partial charge on any atom is -0.348 e. The maximum atomic E-state index is 11.7. The zero-order chi connectivity index (χ0) is 15.9. The smallest absolute Gasteiger partial charge is 0.309 e. The molecule has 2 N–H and O–H groups in total. The van der Waals surface area contributed by atoms with Crippen molar-refractivity contribution >= 4 is 23.6 Å². The van der Waals surface area contributed by atoms with E-state index in [1.165, 1.54) is 17.9 Å². The molecule has 1 unspecified atom stereocenters. The average molecular weight is 327 g/mol. The Labute approximate surface area is 138 Å². The van der Waals surface area contributed by atoms with Crippen LogP contribution in [0, 0.1) is 11.8 Å². The van der Waals surface area contributed by atoms with Crippen LogP contribution in [0.4, 0.5) is 0 Å². The Hall–Kier alpha value is -0.750. The van der Waals surface area contributed by atoms with Crippen molar-refractivity contribution in [2.24, 2.45) is 11.8 Å². The van der Waals surface area contributed by atoms with Gasteiger partial charge >= 0.3 is 11.8 Å². The highest BCUT2D eigenvalue weighted by Crippen LogP contribution is 2.26. The average Bonchev–Trinajstić information content (AvgIpc) is 3.05. The zero-order valence-electron chi connectivity index (χ0n) is 13.8. The number of piperidine rings is 1. The molecule has 126 valence electrons. The number of likely N-dealkylation sites (tertiary alicyclic amines) is 1. The molecular weight excluding hydrogens is 298 g/mol. The second-order valence-electron chi connectivity index (χ2n) is 6.81. The SMILES string of the molecule is CC(C)CNC(=O)C(=O)NCC1CCN(C2CCSC2)CC1.